The van der Waals surface area contributed by atoms with Crippen molar-refractivity contribution in [3.63, 3.8) is 0 Å². The first kappa shape index (κ1) is 15.5. The SMILES string of the molecule is CCC(CCc1cccc(Cl)c1)Nc1nc(C)nc(N)n1. The Morgan fingerprint density at radius 1 is 1.29 bits per heavy atom. The van der Waals surface area contributed by atoms with Crippen molar-refractivity contribution in [3.05, 3.63) is 40.7 Å². The van der Waals surface area contributed by atoms with Crippen LogP contribution in [-0.2, 0) is 6.42 Å². The Morgan fingerprint density at radius 2 is 2.10 bits per heavy atom. The van der Waals surface area contributed by atoms with Gasteiger partial charge in [0, 0.05) is 11.1 Å². The normalized spacial score (nSPS) is 12.1. The van der Waals surface area contributed by atoms with Crippen LogP contribution in [0.4, 0.5) is 11.9 Å². The zero-order valence-corrected chi connectivity index (χ0v) is 13.1. The van der Waals surface area contributed by atoms with Crippen LogP contribution in [0, 0.1) is 6.92 Å². The Hall–Kier alpha value is -1.88. The van der Waals surface area contributed by atoms with Crippen molar-refractivity contribution < 1.29 is 0 Å². The largest absolute Gasteiger partial charge is 0.368 e. The highest BCUT2D eigenvalue weighted by Gasteiger charge is 2.09. The zero-order valence-electron chi connectivity index (χ0n) is 12.3. The van der Waals surface area contributed by atoms with Crippen LogP contribution in [0.1, 0.15) is 31.2 Å². The maximum Gasteiger partial charge on any atom is 0.227 e. The summed E-state index contributed by atoms with van der Waals surface area (Å²) < 4.78 is 0. The minimum atomic E-state index is 0.245. The highest BCUT2D eigenvalue weighted by Crippen LogP contribution is 2.15. The van der Waals surface area contributed by atoms with Crippen LogP contribution in [0.15, 0.2) is 24.3 Å². The molecule has 0 saturated heterocycles. The molecule has 1 unspecified atom stereocenters. The van der Waals surface area contributed by atoms with E-state index in [0.29, 0.717) is 11.8 Å². The molecule has 0 saturated carbocycles. The lowest BCUT2D eigenvalue weighted by Gasteiger charge is -2.17. The molecule has 1 atom stereocenters. The van der Waals surface area contributed by atoms with Gasteiger partial charge < -0.3 is 11.1 Å². The fourth-order valence-electron chi connectivity index (χ4n) is 2.16. The summed E-state index contributed by atoms with van der Waals surface area (Å²) in [6, 6.07) is 8.23. The van der Waals surface area contributed by atoms with Gasteiger partial charge in [-0.25, -0.2) is 0 Å². The van der Waals surface area contributed by atoms with Gasteiger partial charge in [0.25, 0.3) is 0 Å². The van der Waals surface area contributed by atoms with Crippen LogP contribution in [0.2, 0.25) is 5.02 Å². The maximum absolute atomic E-state index is 6.00. The molecule has 0 aliphatic rings. The molecule has 0 bridgehead atoms. The number of aryl methyl sites for hydroxylation is 2. The summed E-state index contributed by atoms with van der Waals surface area (Å²) in [4.78, 5) is 12.3. The Bertz CT molecular complexity index is 582. The van der Waals surface area contributed by atoms with E-state index >= 15 is 0 Å². The average molecular weight is 306 g/mol. The van der Waals surface area contributed by atoms with Gasteiger partial charge in [0.15, 0.2) is 0 Å². The minimum Gasteiger partial charge on any atom is -0.368 e. The molecule has 0 aliphatic carbocycles. The quantitative estimate of drug-likeness (QED) is 0.856. The number of nitrogens with one attached hydrogen (secondary N) is 1. The number of benzene rings is 1. The van der Waals surface area contributed by atoms with E-state index in [1.165, 1.54) is 5.56 Å². The molecule has 0 fully saturated rings. The smallest absolute Gasteiger partial charge is 0.227 e. The van der Waals surface area contributed by atoms with Gasteiger partial charge in [-0.3, -0.25) is 0 Å². The molecule has 1 heterocycles. The van der Waals surface area contributed by atoms with Crippen molar-refractivity contribution in [2.24, 2.45) is 0 Å². The third-order valence-electron chi connectivity index (χ3n) is 3.26. The number of hydrogen-bond acceptors (Lipinski definition) is 5. The van der Waals surface area contributed by atoms with Crippen LogP contribution in [-0.4, -0.2) is 21.0 Å². The second kappa shape index (κ2) is 7.22. The van der Waals surface area contributed by atoms with Gasteiger partial charge in [0.2, 0.25) is 11.9 Å². The van der Waals surface area contributed by atoms with E-state index in [1.54, 1.807) is 6.92 Å². The highest BCUT2D eigenvalue weighted by molar-refractivity contribution is 6.30. The fraction of sp³-hybridized carbons (Fsp3) is 0.400. The summed E-state index contributed by atoms with van der Waals surface area (Å²) in [5, 5.41) is 4.09. The summed E-state index contributed by atoms with van der Waals surface area (Å²) in [5.74, 6) is 1.40. The minimum absolute atomic E-state index is 0.245. The van der Waals surface area contributed by atoms with Gasteiger partial charge in [-0.1, -0.05) is 30.7 Å². The topological polar surface area (TPSA) is 76.7 Å². The molecule has 0 spiro atoms. The molecule has 112 valence electrons. The van der Waals surface area contributed by atoms with E-state index in [4.69, 9.17) is 17.3 Å². The van der Waals surface area contributed by atoms with Gasteiger partial charge >= 0.3 is 0 Å². The standard InChI is InChI=1S/C15H20ClN5/c1-3-13(8-7-11-5-4-6-12(16)9-11)20-15-19-10(2)18-14(17)21-15/h4-6,9,13H,3,7-8H2,1-2H3,(H3,17,18,19,20,21). The molecule has 0 amide bonds. The molecule has 21 heavy (non-hydrogen) atoms. The summed E-state index contributed by atoms with van der Waals surface area (Å²) in [6.45, 7) is 3.93. The molecule has 1 aromatic heterocycles. The monoisotopic (exact) mass is 305 g/mol. The molecule has 5 nitrogen and oxygen atoms in total. The predicted molar refractivity (Wildman–Crippen MR) is 86.5 cm³/mol. The van der Waals surface area contributed by atoms with Crippen LogP contribution < -0.4 is 11.1 Å². The summed E-state index contributed by atoms with van der Waals surface area (Å²) in [7, 11) is 0. The molecule has 0 radical (unpaired) electrons. The Balaban J connectivity index is 1.96. The van der Waals surface area contributed by atoms with E-state index in [0.717, 1.165) is 24.3 Å². The Morgan fingerprint density at radius 3 is 2.76 bits per heavy atom. The lowest BCUT2D eigenvalue weighted by molar-refractivity contribution is 0.627. The summed E-state index contributed by atoms with van der Waals surface area (Å²) >= 11 is 6.00. The Labute approximate surface area is 130 Å². The molecule has 2 rings (SSSR count). The fourth-order valence-corrected chi connectivity index (χ4v) is 2.37. The Kier molecular flexibility index (Phi) is 5.33. The first-order chi connectivity index (χ1) is 10.1. The summed E-state index contributed by atoms with van der Waals surface area (Å²) in [5.41, 5.74) is 6.87. The molecular weight excluding hydrogens is 286 g/mol. The van der Waals surface area contributed by atoms with Gasteiger partial charge in [0.05, 0.1) is 0 Å². The second-order valence-electron chi connectivity index (χ2n) is 4.98. The van der Waals surface area contributed by atoms with Gasteiger partial charge in [-0.2, -0.15) is 15.0 Å². The molecular formula is C15H20ClN5. The third-order valence-corrected chi connectivity index (χ3v) is 3.50. The number of halogens is 1. The zero-order chi connectivity index (χ0) is 15.2. The van der Waals surface area contributed by atoms with Crippen molar-refractivity contribution in [3.8, 4) is 0 Å². The van der Waals surface area contributed by atoms with Crippen LogP contribution in [0.5, 0.6) is 0 Å². The van der Waals surface area contributed by atoms with E-state index in [1.807, 2.05) is 18.2 Å². The lowest BCUT2D eigenvalue weighted by Crippen LogP contribution is -2.21. The number of hydrogen-bond donors (Lipinski definition) is 2. The first-order valence-electron chi connectivity index (χ1n) is 7.06. The molecule has 1 aromatic carbocycles. The number of aromatic nitrogens is 3. The number of nitrogen functional groups attached to an aromatic ring is 1. The molecule has 3 N–H and O–H groups in total. The summed E-state index contributed by atoms with van der Waals surface area (Å²) in [6.07, 6.45) is 2.90. The van der Waals surface area contributed by atoms with Crippen molar-refractivity contribution in [1.82, 2.24) is 15.0 Å². The highest BCUT2D eigenvalue weighted by atomic mass is 35.5. The third kappa shape index (κ3) is 4.86. The van der Waals surface area contributed by atoms with Gasteiger partial charge in [-0.05, 0) is 43.9 Å². The van der Waals surface area contributed by atoms with Crippen molar-refractivity contribution in [1.29, 1.82) is 0 Å². The van der Waals surface area contributed by atoms with Crippen LogP contribution >= 0.6 is 11.6 Å². The average Bonchev–Trinajstić information content (AvgIpc) is 2.42. The van der Waals surface area contributed by atoms with Crippen molar-refractivity contribution >= 4 is 23.5 Å². The maximum atomic E-state index is 6.00. The predicted octanol–water partition coefficient (Wildman–Crippen LogP) is 3.24. The van der Waals surface area contributed by atoms with Crippen LogP contribution in [0.3, 0.4) is 0 Å². The van der Waals surface area contributed by atoms with Crippen molar-refractivity contribution in [2.45, 2.75) is 39.2 Å². The molecule has 2 aromatic rings. The number of nitrogens with zero attached hydrogens (tertiary/aromatic N) is 3. The van der Waals surface area contributed by atoms with Gasteiger partial charge in [0.1, 0.15) is 5.82 Å². The van der Waals surface area contributed by atoms with E-state index in [9.17, 15) is 0 Å². The van der Waals surface area contributed by atoms with E-state index < -0.39 is 0 Å². The van der Waals surface area contributed by atoms with E-state index in [2.05, 4.69) is 33.3 Å². The molecule has 0 aliphatic heterocycles. The molecule has 6 heteroatoms. The lowest BCUT2D eigenvalue weighted by atomic mass is 10.0. The van der Waals surface area contributed by atoms with Crippen LogP contribution in [0.25, 0.3) is 0 Å². The van der Waals surface area contributed by atoms with Gasteiger partial charge in [-0.15, -0.1) is 0 Å². The number of anilines is 2. The van der Waals surface area contributed by atoms with E-state index in [-0.39, 0.29) is 12.0 Å². The number of rotatable bonds is 6. The second-order valence-corrected chi connectivity index (χ2v) is 5.42. The van der Waals surface area contributed by atoms with Crippen molar-refractivity contribution in [2.75, 3.05) is 11.1 Å². The number of nitrogens with two attached hydrogens (primary N) is 1. The first-order valence-corrected chi connectivity index (χ1v) is 7.43.